The van der Waals surface area contributed by atoms with Gasteiger partial charge in [0.15, 0.2) is 0 Å². The number of ether oxygens (including phenoxy) is 1. The largest absolute Gasteiger partial charge is 0.435 e. The molecule has 0 bridgehead atoms. The van der Waals surface area contributed by atoms with Gasteiger partial charge in [0.1, 0.15) is 5.75 Å². The molecule has 0 aromatic heterocycles. The number of hydrogen-bond donors (Lipinski definition) is 1. The zero-order valence-corrected chi connectivity index (χ0v) is 11.0. The highest BCUT2D eigenvalue weighted by Gasteiger charge is 2.24. The minimum absolute atomic E-state index is 0.0263. The fourth-order valence-corrected chi connectivity index (χ4v) is 2.39. The first-order valence-corrected chi connectivity index (χ1v) is 6.55. The van der Waals surface area contributed by atoms with Crippen molar-refractivity contribution in [3.63, 3.8) is 0 Å². The van der Waals surface area contributed by atoms with E-state index >= 15 is 0 Å². The van der Waals surface area contributed by atoms with Crippen LogP contribution in [0.15, 0.2) is 24.3 Å². The Balaban J connectivity index is 2.08. The first-order valence-electron chi connectivity index (χ1n) is 6.55. The smallest absolute Gasteiger partial charge is 0.387 e. The van der Waals surface area contributed by atoms with Crippen LogP contribution in [0.3, 0.4) is 0 Å². The number of aliphatic hydroxyl groups is 1. The summed E-state index contributed by atoms with van der Waals surface area (Å²) in [5.41, 5.74) is 0.321. The van der Waals surface area contributed by atoms with E-state index in [9.17, 15) is 13.6 Å². The van der Waals surface area contributed by atoms with E-state index in [1.54, 1.807) is 11.0 Å². The van der Waals surface area contributed by atoms with E-state index in [2.05, 4.69) is 4.74 Å². The van der Waals surface area contributed by atoms with Gasteiger partial charge in [0.25, 0.3) is 5.91 Å². The topological polar surface area (TPSA) is 49.8 Å². The van der Waals surface area contributed by atoms with Crippen molar-refractivity contribution in [1.82, 2.24) is 4.90 Å². The summed E-state index contributed by atoms with van der Waals surface area (Å²) in [5.74, 6) is -0.155. The lowest BCUT2D eigenvalue weighted by atomic mass is 9.98. The Morgan fingerprint density at radius 1 is 1.50 bits per heavy atom. The highest BCUT2D eigenvalue weighted by Crippen LogP contribution is 2.21. The minimum Gasteiger partial charge on any atom is -0.435 e. The molecular weight excluding hydrogens is 268 g/mol. The number of halogens is 2. The number of nitrogens with zero attached hydrogens (tertiary/aromatic N) is 1. The maximum atomic E-state index is 12.3. The highest BCUT2D eigenvalue weighted by molar-refractivity contribution is 5.94. The first kappa shape index (κ1) is 14.7. The molecule has 1 heterocycles. The Bertz CT molecular complexity index is 467. The minimum atomic E-state index is -2.91. The average Bonchev–Trinajstić information content (AvgIpc) is 2.46. The van der Waals surface area contributed by atoms with Crippen molar-refractivity contribution < 1.29 is 23.4 Å². The van der Waals surface area contributed by atoms with E-state index in [1.807, 2.05) is 0 Å². The Morgan fingerprint density at radius 2 is 2.30 bits per heavy atom. The first-order chi connectivity index (χ1) is 9.60. The number of aliphatic hydroxyl groups excluding tert-OH is 1. The van der Waals surface area contributed by atoms with Gasteiger partial charge in [-0.3, -0.25) is 4.79 Å². The number of carbonyl (C=O) groups excluding carboxylic acids is 1. The van der Waals surface area contributed by atoms with E-state index in [0.29, 0.717) is 18.7 Å². The third-order valence-electron chi connectivity index (χ3n) is 3.37. The van der Waals surface area contributed by atoms with E-state index in [4.69, 9.17) is 5.11 Å². The van der Waals surface area contributed by atoms with Gasteiger partial charge in [0.05, 0.1) is 0 Å². The summed E-state index contributed by atoms with van der Waals surface area (Å²) in [4.78, 5) is 13.9. The monoisotopic (exact) mass is 285 g/mol. The van der Waals surface area contributed by atoms with Gasteiger partial charge in [-0.1, -0.05) is 6.07 Å². The quantitative estimate of drug-likeness (QED) is 0.922. The lowest BCUT2D eigenvalue weighted by Gasteiger charge is -2.32. The molecule has 1 aliphatic heterocycles. The van der Waals surface area contributed by atoms with Gasteiger partial charge in [-0.05, 0) is 37.0 Å². The molecule has 110 valence electrons. The van der Waals surface area contributed by atoms with E-state index in [-0.39, 0.29) is 24.2 Å². The SMILES string of the molecule is O=C(c1cccc(OC(F)F)c1)N1CCCC(CO)C1. The lowest BCUT2D eigenvalue weighted by Crippen LogP contribution is -2.40. The van der Waals surface area contributed by atoms with E-state index in [1.165, 1.54) is 18.2 Å². The summed E-state index contributed by atoms with van der Waals surface area (Å²) in [7, 11) is 0. The van der Waals surface area contributed by atoms with Crippen LogP contribution in [-0.4, -0.2) is 42.2 Å². The van der Waals surface area contributed by atoms with E-state index in [0.717, 1.165) is 12.8 Å². The normalized spacial score (nSPS) is 19.2. The summed E-state index contributed by atoms with van der Waals surface area (Å²) in [6.45, 7) is -1.74. The second-order valence-electron chi connectivity index (χ2n) is 4.85. The summed E-state index contributed by atoms with van der Waals surface area (Å²) < 4.78 is 28.6. The molecule has 6 heteroatoms. The van der Waals surface area contributed by atoms with Crippen LogP contribution in [0.2, 0.25) is 0 Å². The number of benzene rings is 1. The zero-order valence-electron chi connectivity index (χ0n) is 11.0. The summed E-state index contributed by atoms with van der Waals surface area (Å²) in [6.07, 6.45) is 1.74. The van der Waals surface area contributed by atoms with Crippen LogP contribution in [0.5, 0.6) is 5.75 Å². The van der Waals surface area contributed by atoms with Crippen molar-refractivity contribution in [2.45, 2.75) is 19.5 Å². The van der Waals surface area contributed by atoms with Crippen LogP contribution >= 0.6 is 0 Å². The third-order valence-corrected chi connectivity index (χ3v) is 3.37. The number of likely N-dealkylation sites (tertiary alicyclic amines) is 1. The van der Waals surface area contributed by atoms with Gasteiger partial charge in [-0.15, -0.1) is 0 Å². The number of carbonyl (C=O) groups is 1. The Labute approximate surface area is 116 Å². The van der Waals surface area contributed by atoms with Crippen LogP contribution in [-0.2, 0) is 0 Å². The lowest BCUT2D eigenvalue weighted by molar-refractivity contribution is -0.0499. The molecular formula is C14H17F2NO3. The standard InChI is InChI=1S/C14H17F2NO3/c15-14(16)20-12-5-1-4-11(7-12)13(19)17-6-2-3-10(8-17)9-18/h1,4-5,7,10,14,18H,2-3,6,8-9H2. The maximum Gasteiger partial charge on any atom is 0.387 e. The van der Waals surface area contributed by atoms with Crippen LogP contribution in [0.4, 0.5) is 8.78 Å². The van der Waals surface area contributed by atoms with Crippen LogP contribution < -0.4 is 4.74 Å². The number of alkyl halides is 2. The Hall–Kier alpha value is -1.69. The molecule has 1 aromatic rings. The summed E-state index contributed by atoms with van der Waals surface area (Å²) in [6, 6.07) is 5.79. The molecule has 1 fully saturated rings. The van der Waals surface area contributed by atoms with Gasteiger partial charge < -0.3 is 14.7 Å². The van der Waals surface area contributed by atoms with Crippen LogP contribution in [0, 0.1) is 5.92 Å². The maximum absolute atomic E-state index is 12.3. The van der Waals surface area contributed by atoms with Crippen LogP contribution in [0.1, 0.15) is 23.2 Å². The molecule has 20 heavy (non-hydrogen) atoms. The predicted molar refractivity (Wildman–Crippen MR) is 68.8 cm³/mol. The molecule has 1 N–H and O–H groups in total. The molecule has 4 nitrogen and oxygen atoms in total. The molecule has 1 atom stereocenters. The van der Waals surface area contributed by atoms with E-state index < -0.39 is 6.61 Å². The third kappa shape index (κ3) is 3.66. The number of amides is 1. The molecule has 1 aromatic carbocycles. The molecule has 0 spiro atoms. The van der Waals surface area contributed by atoms with Crippen LogP contribution in [0.25, 0.3) is 0 Å². The number of piperidine rings is 1. The van der Waals surface area contributed by atoms with Crippen molar-refractivity contribution in [3.05, 3.63) is 29.8 Å². The average molecular weight is 285 g/mol. The molecule has 1 saturated heterocycles. The second kappa shape index (κ2) is 6.65. The van der Waals surface area contributed by atoms with Gasteiger partial charge in [0, 0.05) is 25.3 Å². The fourth-order valence-electron chi connectivity index (χ4n) is 2.39. The van der Waals surface area contributed by atoms with Crippen molar-refractivity contribution in [3.8, 4) is 5.75 Å². The molecule has 2 rings (SSSR count). The molecule has 0 radical (unpaired) electrons. The molecule has 1 unspecified atom stereocenters. The second-order valence-corrected chi connectivity index (χ2v) is 4.85. The van der Waals surface area contributed by atoms with Crippen molar-refractivity contribution in [1.29, 1.82) is 0 Å². The van der Waals surface area contributed by atoms with Gasteiger partial charge in [0.2, 0.25) is 0 Å². The molecule has 0 aliphatic carbocycles. The molecule has 0 saturated carbocycles. The zero-order chi connectivity index (χ0) is 14.5. The summed E-state index contributed by atoms with van der Waals surface area (Å²) in [5, 5.41) is 9.16. The van der Waals surface area contributed by atoms with Crippen molar-refractivity contribution >= 4 is 5.91 Å². The summed E-state index contributed by atoms with van der Waals surface area (Å²) >= 11 is 0. The van der Waals surface area contributed by atoms with Crippen molar-refractivity contribution in [2.75, 3.05) is 19.7 Å². The predicted octanol–water partition coefficient (Wildman–Crippen LogP) is 2.13. The van der Waals surface area contributed by atoms with Gasteiger partial charge >= 0.3 is 6.61 Å². The highest BCUT2D eigenvalue weighted by atomic mass is 19.3. The number of rotatable bonds is 4. The molecule has 1 aliphatic rings. The fraction of sp³-hybridized carbons (Fsp3) is 0.500. The molecule has 1 amide bonds. The Kier molecular flexibility index (Phi) is 4.89. The van der Waals surface area contributed by atoms with Crippen molar-refractivity contribution in [2.24, 2.45) is 5.92 Å². The van der Waals surface area contributed by atoms with Gasteiger partial charge in [-0.2, -0.15) is 8.78 Å². The van der Waals surface area contributed by atoms with Gasteiger partial charge in [-0.25, -0.2) is 0 Å². The Morgan fingerprint density at radius 3 is 3.00 bits per heavy atom. The number of hydrogen-bond acceptors (Lipinski definition) is 3.